The van der Waals surface area contributed by atoms with Crippen LogP contribution in [-0.2, 0) is 6.54 Å². The molecule has 0 atom stereocenters. The first-order chi connectivity index (χ1) is 13.2. The van der Waals surface area contributed by atoms with E-state index in [2.05, 4.69) is 41.0 Å². The monoisotopic (exact) mass is 363 g/mol. The van der Waals surface area contributed by atoms with Gasteiger partial charge in [0.1, 0.15) is 12.0 Å². The van der Waals surface area contributed by atoms with Gasteiger partial charge in [0.15, 0.2) is 0 Å². The second-order valence-corrected chi connectivity index (χ2v) is 6.89. The maximum atomic E-state index is 5.73. The molecule has 0 saturated carbocycles. The highest BCUT2D eigenvalue weighted by molar-refractivity contribution is 5.59. The average molecular weight is 363 g/mol. The van der Waals surface area contributed by atoms with E-state index in [1.54, 1.807) is 13.4 Å². The number of ether oxygens (including phenoxy) is 1. The summed E-state index contributed by atoms with van der Waals surface area (Å²) in [7, 11) is 1.73. The Morgan fingerprint density at radius 1 is 1.00 bits per heavy atom. The zero-order chi connectivity index (χ0) is 18.6. The van der Waals surface area contributed by atoms with Gasteiger partial charge < -0.3 is 14.1 Å². The number of benzene rings is 2. The van der Waals surface area contributed by atoms with Gasteiger partial charge in [-0.25, -0.2) is 4.98 Å². The summed E-state index contributed by atoms with van der Waals surface area (Å²) in [6, 6.07) is 16.4. The van der Waals surface area contributed by atoms with E-state index >= 15 is 0 Å². The Hall–Kier alpha value is -2.79. The molecular weight excluding hydrogens is 338 g/mol. The first kappa shape index (κ1) is 17.6. The SMILES string of the molecule is COc1ccccc1N1CCN(Cc2coc(-c3ccccc3C)n2)CC1. The highest BCUT2D eigenvalue weighted by Crippen LogP contribution is 2.28. The number of aryl methyl sites for hydroxylation is 1. The van der Waals surface area contributed by atoms with Gasteiger partial charge >= 0.3 is 0 Å². The summed E-state index contributed by atoms with van der Waals surface area (Å²) in [5.41, 5.74) is 4.39. The van der Waals surface area contributed by atoms with Crippen molar-refractivity contribution in [3.63, 3.8) is 0 Å². The van der Waals surface area contributed by atoms with Crippen molar-refractivity contribution in [1.82, 2.24) is 9.88 Å². The fourth-order valence-electron chi connectivity index (χ4n) is 3.58. The number of oxazole rings is 1. The summed E-state index contributed by atoms with van der Waals surface area (Å²) in [4.78, 5) is 9.51. The second-order valence-electron chi connectivity index (χ2n) is 6.89. The smallest absolute Gasteiger partial charge is 0.226 e. The van der Waals surface area contributed by atoms with Gasteiger partial charge in [0.05, 0.1) is 18.5 Å². The van der Waals surface area contributed by atoms with E-state index in [0.717, 1.165) is 49.7 Å². The van der Waals surface area contributed by atoms with Crippen LogP contribution in [0.3, 0.4) is 0 Å². The Kier molecular flexibility index (Phi) is 5.12. The molecule has 0 N–H and O–H groups in total. The standard InChI is InChI=1S/C22H25N3O2/c1-17-7-3-4-8-19(17)22-23-18(16-27-22)15-24-11-13-25(14-12-24)20-9-5-6-10-21(20)26-2/h3-10,16H,11-15H2,1-2H3. The van der Waals surface area contributed by atoms with Crippen molar-refractivity contribution < 1.29 is 9.15 Å². The van der Waals surface area contributed by atoms with Crippen molar-refractivity contribution in [2.45, 2.75) is 13.5 Å². The average Bonchev–Trinajstić information content (AvgIpc) is 3.17. The van der Waals surface area contributed by atoms with Crippen LogP contribution in [0.25, 0.3) is 11.5 Å². The number of methoxy groups -OCH3 is 1. The molecule has 3 aromatic rings. The maximum absolute atomic E-state index is 5.73. The molecule has 1 fully saturated rings. The summed E-state index contributed by atoms with van der Waals surface area (Å²) < 4.78 is 11.2. The number of para-hydroxylation sites is 2. The Labute approximate surface area is 160 Å². The van der Waals surface area contributed by atoms with Crippen molar-refractivity contribution in [3.8, 4) is 17.2 Å². The number of hydrogen-bond acceptors (Lipinski definition) is 5. The third-order valence-electron chi connectivity index (χ3n) is 5.11. The molecule has 2 heterocycles. The number of hydrogen-bond donors (Lipinski definition) is 0. The topological polar surface area (TPSA) is 41.7 Å². The van der Waals surface area contributed by atoms with E-state index in [1.165, 1.54) is 11.3 Å². The molecule has 1 aromatic heterocycles. The molecule has 140 valence electrons. The van der Waals surface area contributed by atoms with Crippen LogP contribution in [0.4, 0.5) is 5.69 Å². The molecule has 0 radical (unpaired) electrons. The minimum absolute atomic E-state index is 0.704. The molecule has 4 rings (SSSR count). The van der Waals surface area contributed by atoms with Crippen LogP contribution in [-0.4, -0.2) is 43.2 Å². The Bertz CT molecular complexity index is 898. The fourth-order valence-corrected chi connectivity index (χ4v) is 3.58. The van der Waals surface area contributed by atoms with Crippen LogP contribution in [0.2, 0.25) is 0 Å². The van der Waals surface area contributed by atoms with E-state index in [0.29, 0.717) is 5.89 Å². The lowest BCUT2D eigenvalue weighted by Gasteiger charge is -2.36. The molecule has 0 spiro atoms. The second kappa shape index (κ2) is 7.84. The van der Waals surface area contributed by atoms with Crippen LogP contribution >= 0.6 is 0 Å². The van der Waals surface area contributed by atoms with E-state index in [1.807, 2.05) is 24.3 Å². The number of nitrogens with zero attached hydrogens (tertiary/aromatic N) is 3. The van der Waals surface area contributed by atoms with E-state index in [4.69, 9.17) is 14.1 Å². The van der Waals surface area contributed by atoms with Gasteiger partial charge in [-0.05, 0) is 30.7 Å². The highest BCUT2D eigenvalue weighted by Gasteiger charge is 2.20. The maximum Gasteiger partial charge on any atom is 0.226 e. The molecule has 0 unspecified atom stereocenters. The summed E-state index contributed by atoms with van der Waals surface area (Å²) in [6.07, 6.45) is 1.79. The third kappa shape index (κ3) is 3.83. The van der Waals surface area contributed by atoms with E-state index in [-0.39, 0.29) is 0 Å². The predicted octanol–water partition coefficient (Wildman–Crippen LogP) is 3.98. The Morgan fingerprint density at radius 3 is 2.52 bits per heavy atom. The summed E-state index contributed by atoms with van der Waals surface area (Å²) >= 11 is 0. The number of piperazine rings is 1. The molecule has 27 heavy (non-hydrogen) atoms. The van der Waals surface area contributed by atoms with E-state index in [9.17, 15) is 0 Å². The van der Waals surface area contributed by atoms with Crippen LogP contribution in [0.1, 0.15) is 11.3 Å². The largest absolute Gasteiger partial charge is 0.495 e. The lowest BCUT2D eigenvalue weighted by Crippen LogP contribution is -2.46. The van der Waals surface area contributed by atoms with Crippen LogP contribution in [0.15, 0.2) is 59.2 Å². The van der Waals surface area contributed by atoms with Crippen LogP contribution in [0.5, 0.6) is 5.75 Å². The van der Waals surface area contributed by atoms with E-state index < -0.39 is 0 Å². The lowest BCUT2D eigenvalue weighted by atomic mass is 10.1. The van der Waals surface area contributed by atoms with Crippen molar-refractivity contribution in [2.24, 2.45) is 0 Å². The van der Waals surface area contributed by atoms with Crippen LogP contribution < -0.4 is 9.64 Å². The number of rotatable bonds is 5. The summed E-state index contributed by atoms with van der Waals surface area (Å²) in [6.45, 7) is 6.83. The normalized spacial score (nSPS) is 15.1. The minimum atomic E-state index is 0.704. The first-order valence-electron chi connectivity index (χ1n) is 9.35. The number of anilines is 1. The van der Waals surface area contributed by atoms with Gasteiger partial charge in [-0.1, -0.05) is 30.3 Å². The van der Waals surface area contributed by atoms with Gasteiger partial charge in [0, 0.05) is 38.3 Å². The van der Waals surface area contributed by atoms with Gasteiger partial charge in [0.2, 0.25) is 5.89 Å². The van der Waals surface area contributed by atoms with Gasteiger partial charge in [-0.3, -0.25) is 4.90 Å². The highest BCUT2D eigenvalue weighted by atomic mass is 16.5. The number of aromatic nitrogens is 1. The molecule has 0 aliphatic carbocycles. The fraction of sp³-hybridized carbons (Fsp3) is 0.318. The minimum Gasteiger partial charge on any atom is -0.495 e. The molecule has 1 saturated heterocycles. The molecule has 5 nitrogen and oxygen atoms in total. The van der Waals surface area contributed by atoms with Gasteiger partial charge in [0.25, 0.3) is 0 Å². The predicted molar refractivity (Wildman–Crippen MR) is 107 cm³/mol. The molecule has 5 heteroatoms. The van der Waals surface area contributed by atoms with Crippen LogP contribution in [0, 0.1) is 6.92 Å². The molecule has 0 bridgehead atoms. The van der Waals surface area contributed by atoms with Crippen molar-refractivity contribution >= 4 is 5.69 Å². The zero-order valence-electron chi connectivity index (χ0n) is 15.9. The summed E-state index contributed by atoms with van der Waals surface area (Å²) in [5, 5.41) is 0. The van der Waals surface area contributed by atoms with Crippen molar-refractivity contribution in [3.05, 3.63) is 66.1 Å². The molecule has 2 aromatic carbocycles. The Morgan fingerprint density at radius 2 is 1.74 bits per heavy atom. The van der Waals surface area contributed by atoms with Gasteiger partial charge in [-0.15, -0.1) is 0 Å². The molecule has 1 aliphatic rings. The van der Waals surface area contributed by atoms with Gasteiger partial charge in [-0.2, -0.15) is 0 Å². The first-order valence-corrected chi connectivity index (χ1v) is 9.35. The quantitative estimate of drug-likeness (QED) is 0.686. The van der Waals surface area contributed by atoms with Crippen molar-refractivity contribution in [1.29, 1.82) is 0 Å². The molecular formula is C22H25N3O2. The molecule has 0 amide bonds. The lowest BCUT2D eigenvalue weighted by molar-refractivity contribution is 0.246. The summed E-state index contributed by atoms with van der Waals surface area (Å²) in [5.74, 6) is 1.64. The Balaban J connectivity index is 1.38. The van der Waals surface area contributed by atoms with Crippen molar-refractivity contribution in [2.75, 3.05) is 38.2 Å². The third-order valence-corrected chi connectivity index (χ3v) is 5.11. The molecule has 1 aliphatic heterocycles. The zero-order valence-corrected chi connectivity index (χ0v) is 15.9.